The summed E-state index contributed by atoms with van der Waals surface area (Å²) < 4.78 is 0. The first-order chi connectivity index (χ1) is 14.3. The number of anilines is 1. The molecule has 2 N–H and O–H groups in total. The molecule has 1 aromatic heterocycles. The molecule has 1 aliphatic rings. The van der Waals surface area contributed by atoms with Gasteiger partial charge in [0.1, 0.15) is 12.1 Å². The van der Waals surface area contributed by atoms with Crippen LogP contribution in [-0.2, 0) is 13.1 Å². The maximum absolute atomic E-state index is 4.48. The van der Waals surface area contributed by atoms with Gasteiger partial charge in [0.2, 0.25) is 0 Å². The number of nitrogens with zero attached hydrogens (tertiary/aromatic N) is 2. The largest absolute Gasteiger partial charge is 0.367 e. The van der Waals surface area contributed by atoms with Crippen molar-refractivity contribution in [1.82, 2.24) is 15.3 Å². The second kappa shape index (κ2) is 8.02. The van der Waals surface area contributed by atoms with Crippen LogP contribution < -0.4 is 10.6 Å². The molecule has 3 aromatic carbocycles. The lowest BCUT2D eigenvalue weighted by atomic mass is 10.0. The standard InChI is InChI=1S/C25H24N4/c1-2-5-18(6-3-1)15-26-16-19-7-4-8-20(13-19)21-9-12-24-23(14-21)25(28-17-27-24)29-22-10-11-22/h1-9,12-14,17,22,26H,10-11,15-16H2,(H,27,28,29). The van der Waals surface area contributed by atoms with Gasteiger partial charge in [-0.1, -0.05) is 54.6 Å². The zero-order chi connectivity index (χ0) is 19.5. The minimum Gasteiger partial charge on any atom is -0.367 e. The van der Waals surface area contributed by atoms with Crippen molar-refractivity contribution in [3.05, 3.63) is 90.3 Å². The molecule has 1 aliphatic carbocycles. The number of hydrogen-bond donors (Lipinski definition) is 2. The molecule has 1 heterocycles. The Morgan fingerprint density at radius 1 is 0.759 bits per heavy atom. The third kappa shape index (κ3) is 4.28. The van der Waals surface area contributed by atoms with Crippen molar-refractivity contribution in [3.8, 4) is 11.1 Å². The molecule has 4 heteroatoms. The van der Waals surface area contributed by atoms with Crippen molar-refractivity contribution in [3.63, 3.8) is 0 Å². The first kappa shape index (κ1) is 17.8. The molecule has 0 unspecified atom stereocenters. The molecular formula is C25H24N4. The van der Waals surface area contributed by atoms with E-state index in [0.29, 0.717) is 6.04 Å². The Labute approximate surface area is 171 Å². The second-order valence-electron chi connectivity index (χ2n) is 7.66. The van der Waals surface area contributed by atoms with Crippen LogP contribution in [0.1, 0.15) is 24.0 Å². The van der Waals surface area contributed by atoms with Crippen molar-refractivity contribution < 1.29 is 0 Å². The normalized spacial score (nSPS) is 13.5. The van der Waals surface area contributed by atoms with E-state index in [9.17, 15) is 0 Å². The third-order valence-corrected chi connectivity index (χ3v) is 5.31. The molecule has 0 amide bonds. The Bertz CT molecular complexity index is 1120. The fourth-order valence-corrected chi connectivity index (χ4v) is 3.58. The Morgan fingerprint density at radius 2 is 1.55 bits per heavy atom. The predicted molar refractivity (Wildman–Crippen MR) is 119 cm³/mol. The molecule has 29 heavy (non-hydrogen) atoms. The Hall–Kier alpha value is -3.24. The number of rotatable bonds is 7. The Morgan fingerprint density at radius 3 is 2.41 bits per heavy atom. The second-order valence-corrected chi connectivity index (χ2v) is 7.66. The van der Waals surface area contributed by atoms with Crippen molar-refractivity contribution in [2.45, 2.75) is 32.0 Å². The molecule has 0 aliphatic heterocycles. The van der Waals surface area contributed by atoms with Gasteiger partial charge in [-0.3, -0.25) is 0 Å². The topological polar surface area (TPSA) is 49.8 Å². The van der Waals surface area contributed by atoms with Crippen LogP contribution in [0.25, 0.3) is 22.0 Å². The van der Waals surface area contributed by atoms with Gasteiger partial charge in [-0.15, -0.1) is 0 Å². The van der Waals surface area contributed by atoms with Crippen molar-refractivity contribution in [2.24, 2.45) is 0 Å². The lowest BCUT2D eigenvalue weighted by molar-refractivity contribution is 0.693. The number of benzene rings is 3. The summed E-state index contributed by atoms with van der Waals surface area (Å²) in [5.74, 6) is 0.944. The average Bonchev–Trinajstić information content (AvgIpc) is 3.59. The van der Waals surface area contributed by atoms with Crippen LogP contribution in [0.15, 0.2) is 79.1 Å². The van der Waals surface area contributed by atoms with Crippen LogP contribution >= 0.6 is 0 Å². The highest BCUT2D eigenvalue weighted by molar-refractivity contribution is 5.92. The molecule has 0 radical (unpaired) electrons. The molecule has 4 nitrogen and oxygen atoms in total. The van der Waals surface area contributed by atoms with E-state index in [1.807, 2.05) is 6.07 Å². The summed E-state index contributed by atoms with van der Waals surface area (Å²) in [5, 5.41) is 8.15. The van der Waals surface area contributed by atoms with Crippen LogP contribution in [0.4, 0.5) is 5.82 Å². The van der Waals surface area contributed by atoms with Crippen molar-refractivity contribution in [1.29, 1.82) is 0 Å². The van der Waals surface area contributed by atoms with Crippen molar-refractivity contribution in [2.75, 3.05) is 5.32 Å². The lowest BCUT2D eigenvalue weighted by Crippen LogP contribution is -2.12. The SMILES string of the molecule is c1ccc(CNCc2cccc(-c3ccc4ncnc(NC5CC5)c4c3)c2)cc1. The highest BCUT2D eigenvalue weighted by Gasteiger charge is 2.22. The van der Waals surface area contributed by atoms with Crippen LogP contribution in [0, 0.1) is 0 Å². The van der Waals surface area contributed by atoms with Gasteiger partial charge in [0, 0.05) is 24.5 Å². The summed E-state index contributed by atoms with van der Waals surface area (Å²) in [7, 11) is 0. The van der Waals surface area contributed by atoms with E-state index >= 15 is 0 Å². The van der Waals surface area contributed by atoms with Crippen LogP contribution in [0.3, 0.4) is 0 Å². The van der Waals surface area contributed by atoms with Crippen LogP contribution in [0.5, 0.6) is 0 Å². The first-order valence-corrected chi connectivity index (χ1v) is 10.2. The Kier molecular flexibility index (Phi) is 4.93. The summed E-state index contributed by atoms with van der Waals surface area (Å²) in [6.07, 6.45) is 4.10. The monoisotopic (exact) mass is 380 g/mol. The minimum atomic E-state index is 0.566. The van der Waals surface area contributed by atoms with Crippen molar-refractivity contribution >= 4 is 16.7 Å². The molecular weight excluding hydrogens is 356 g/mol. The molecule has 0 bridgehead atoms. The summed E-state index contributed by atoms with van der Waals surface area (Å²) in [4.78, 5) is 8.91. The predicted octanol–water partition coefficient (Wildman–Crippen LogP) is 5.16. The third-order valence-electron chi connectivity index (χ3n) is 5.31. The summed E-state index contributed by atoms with van der Waals surface area (Å²) in [6, 6.07) is 26.2. The first-order valence-electron chi connectivity index (χ1n) is 10.2. The lowest BCUT2D eigenvalue weighted by Gasteiger charge is -2.10. The highest BCUT2D eigenvalue weighted by atomic mass is 15.1. The number of fused-ring (bicyclic) bond motifs is 1. The molecule has 1 fully saturated rings. The molecule has 0 spiro atoms. The summed E-state index contributed by atoms with van der Waals surface area (Å²) >= 11 is 0. The smallest absolute Gasteiger partial charge is 0.137 e. The Balaban J connectivity index is 1.36. The highest BCUT2D eigenvalue weighted by Crippen LogP contribution is 2.30. The number of nitrogens with one attached hydrogen (secondary N) is 2. The van der Waals surface area contributed by atoms with E-state index < -0.39 is 0 Å². The van der Waals surface area contributed by atoms with Gasteiger partial charge in [0.25, 0.3) is 0 Å². The molecule has 144 valence electrons. The average molecular weight is 380 g/mol. The number of hydrogen-bond acceptors (Lipinski definition) is 4. The van der Waals surface area contributed by atoms with Gasteiger partial charge in [-0.2, -0.15) is 0 Å². The van der Waals surface area contributed by atoms with Gasteiger partial charge in [0.15, 0.2) is 0 Å². The van der Waals surface area contributed by atoms with E-state index in [1.165, 1.54) is 35.1 Å². The zero-order valence-electron chi connectivity index (χ0n) is 16.3. The maximum Gasteiger partial charge on any atom is 0.137 e. The zero-order valence-corrected chi connectivity index (χ0v) is 16.3. The fraction of sp³-hybridized carbons (Fsp3) is 0.200. The molecule has 4 aromatic rings. The van der Waals surface area contributed by atoms with Gasteiger partial charge in [0.05, 0.1) is 5.52 Å². The van der Waals surface area contributed by atoms with Gasteiger partial charge in [-0.25, -0.2) is 9.97 Å². The quantitative estimate of drug-likeness (QED) is 0.465. The van der Waals surface area contributed by atoms with E-state index in [0.717, 1.165) is 29.8 Å². The summed E-state index contributed by atoms with van der Waals surface area (Å²) in [6.45, 7) is 1.71. The molecule has 5 rings (SSSR count). The van der Waals surface area contributed by atoms with Gasteiger partial charge >= 0.3 is 0 Å². The molecule has 0 atom stereocenters. The maximum atomic E-state index is 4.48. The number of aromatic nitrogens is 2. The minimum absolute atomic E-state index is 0.566. The molecule has 0 saturated heterocycles. The fourth-order valence-electron chi connectivity index (χ4n) is 3.58. The van der Waals surface area contributed by atoms with Gasteiger partial charge in [-0.05, 0) is 53.3 Å². The van der Waals surface area contributed by atoms with Crippen LogP contribution in [0.2, 0.25) is 0 Å². The van der Waals surface area contributed by atoms with Crippen LogP contribution in [-0.4, -0.2) is 16.0 Å². The molecule has 1 saturated carbocycles. The van der Waals surface area contributed by atoms with E-state index in [2.05, 4.69) is 87.3 Å². The van der Waals surface area contributed by atoms with E-state index in [-0.39, 0.29) is 0 Å². The van der Waals surface area contributed by atoms with E-state index in [4.69, 9.17) is 0 Å². The van der Waals surface area contributed by atoms with Gasteiger partial charge < -0.3 is 10.6 Å². The summed E-state index contributed by atoms with van der Waals surface area (Å²) in [5.41, 5.74) is 5.96. The van der Waals surface area contributed by atoms with E-state index in [1.54, 1.807) is 6.33 Å².